The first-order valence-electron chi connectivity index (χ1n) is 12.2. The van der Waals surface area contributed by atoms with Gasteiger partial charge < -0.3 is 14.2 Å². The van der Waals surface area contributed by atoms with Gasteiger partial charge in [-0.2, -0.15) is 0 Å². The van der Waals surface area contributed by atoms with E-state index in [-0.39, 0.29) is 5.79 Å². The molecule has 3 heteroatoms. The minimum atomic E-state index is -0.329. The molecule has 0 spiro atoms. The van der Waals surface area contributed by atoms with E-state index in [0.717, 1.165) is 19.4 Å². The summed E-state index contributed by atoms with van der Waals surface area (Å²) in [6.07, 6.45) is 7.69. The zero-order valence-electron chi connectivity index (χ0n) is 19.7. The third-order valence-corrected chi connectivity index (χ3v) is 8.80. The van der Waals surface area contributed by atoms with Crippen LogP contribution in [0.3, 0.4) is 0 Å². The van der Waals surface area contributed by atoms with E-state index in [2.05, 4.69) is 58.0 Å². The molecule has 0 aromatic heterocycles. The van der Waals surface area contributed by atoms with Crippen LogP contribution in [0.4, 0.5) is 0 Å². The molecule has 1 aromatic carbocycles. The number of ether oxygens (including phenoxy) is 3. The Hall–Kier alpha value is -0.900. The van der Waals surface area contributed by atoms with Crippen molar-refractivity contribution >= 4 is 0 Å². The highest BCUT2D eigenvalue weighted by molar-refractivity contribution is 5.13. The highest BCUT2D eigenvalue weighted by Crippen LogP contribution is 2.65. The van der Waals surface area contributed by atoms with E-state index in [4.69, 9.17) is 14.2 Å². The molecule has 2 saturated carbocycles. The highest BCUT2D eigenvalue weighted by atomic mass is 16.7. The normalized spacial score (nSPS) is 38.7. The van der Waals surface area contributed by atoms with Gasteiger partial charge in [0.25, 0.3) is 0 Å². The van der Waals surface area contributed by atoms with Crippen molar-refractivity contribution in [3.63, 3.8) is 0 Å². The lowest BCUT2D eigenvalue weighted by atomic mass is 9.51. The lowest BCUT2D eigenvalue weighted by Crippen LogP contribution is -2.50. The van der Waals surface area contributed by atoms with Crippen LogP contribution in [0.5, 0.6) is 0 Å². The van der Waals surface area contributed by atoms with Crippen molar-refractivity contribution in [3.8, 4) is 0 Å². The predicted octanol–water partition coefficient (Wildman–Crippen LogP) is 6.46. The molecule has 1 saturated heterocycles. The molecule has 4 rings (SSSR count). The fourth-order valence-corrected chi connectivity index (χ4v) is 6.78. The van der Waals surface area contributed by atoms with Gasteiger partial charge in [-0.3, -0.25) is 0 Å². The maximum Gasteiger partial charge on any atom is 0.168 e. The van der Waals surface area contributed by atoms with Crippen molar-refractivity contribution in [1.82, 2.24) is 0 Å². The molecule has 3 nitrogen and oxygen atoms in total. The third kappa shape index (κ3) is 4.23. The first-order valence-corrected chi connectivity index (χ1v) is 12.2. The number of rotatable bonds is 9. The van der Waals surface area contributed by atoms with Crippen molar-refractivity contribution < 1.29 is 14.2 Å². The molecule has 1 heterocycles. The van der Waals surface area contributed by atoms with Gasteiger partial charge in [0.15, 0.2) is 5.79 Å². The molecule has 0 amide bonds. The van der Waals surface area contributed by atoms with Crippen molar-refractivity contribution in [3.05, 3.63) is 35.9 Å². The van der Waals surface area contributed by atoms with E-state index in [1.54, 1.807) is 0 Å². The Labute approximate surface area is 183 Å². The van der Waals surface area contributed by atoms with Gasteiger partial charge in [-0.25, -0.2) is 0 Å². The molecule has 168 valence electrons. The van der Waals surface area contributed by atoms with Crippen molar-refractivity contribution in [2.45, 2.75) is 84.7 Å². The van der Waals surface area contributed by atoms with Crippen LogP contribution in [0.2, 0.25) is 0 Å². The average molecular weight is 415 g/mol. The smallest absolute Gasteiger partial charge is 0.168 e. The van der Waals surface area contributed by atoms with Crippen LogP contribution in [0.25, 0.3) is 0 Å². The number of fused-ring (bicyclic) bond motifs is 1. The molecule has 2 bridgehead atoms. The molecule has 3 aliphatic rings. The highest BCUT2D eigenvalue weighted by Gasteiger charge is 2.64. The largest absolute Gasteiger partial charge is 0.376 e. The minimum absolute atomic E-state index is 0.329. The first-order chi connectivity index (χ1) is 14.4. The van der Waals surface area contributed by atoms with Gasteiger partial charge in [0.1, 0.15) is 0 Å². The maximum absolute atomic E-state index is 6.74. The molecule has 3 fully saturated rings. The van der Waals surface area contributed by atoms with Gasteiger partial charge in [-0.05, 0) is 66.3 Å². The topological polar surface area (TPSA) is 27.7 Å². The van der Waals surface area contributed by atoms with E-state index >= 15 is 0 Å². The molecule has 0 unspecified atom stereocenters. The Morgan fingerprint density at radius 1 is 1.13 bits per heavy atom. The molecule has 2 aliphatic carbocycles. The molecule has 30 heavy (non-hydrogen) atoms. The maximum atomic E-state index is 6.74. The number of benzene rings is 1. The fourth-order valence-electron chi connectivity index (χ4n) is 6.78. The van der Waals surface area contributed by atoms with Crippen LogP contribution in [0.15, 0.2) is 30.3 Å². The van der Waals surface area contributed by atoms with Gasteiger partial charge >= 0.3 is 0 Å². The van der Waals surface area contributed by atoms with E-state index < -0.39 is 0 Å². The summed E-state index contributed by atoms with van der Waals surface area (Å²) in [7, 11) is 1.86. The quantitative estimate of drug-likeness (QED) is 0.464. The monoisotopic (exact) mass is 414 g/mol. The molecule has 7 atom stereocenters. The molecule has 0 N–H and O–H groups in total. The minimum Gasteiger partial charge on any atom is -0.376 e. The van der Waals surface area contributed by atoms with Crippen LogP contribution in [0.1, 0.15) is 71.8 Å². The van der Waals surface area contributed by atoms with E-state index in [0.29, 0.717) is 47.7 Å². The Kier molecular flexibility index (Phi) is 6.63. The summed E-state index contributed by atoms with van der Waals surface area (Å²) in [4.78, 5) is 0. The van der Waals surface area contributed by atoms with Crippen LogP contribution in [-0.4, -0.2) is 25.6 Å². The third-order valence-electron chi connectivity index (χ3n) is 8.80. The Morgan fingerprint density at radius 2 is 1.90 bits per heavy atom. The second kappa shape index (κ2) is 8.92. The SMILES string of the molecule is CO[C@@]12C[C@H](CC[C@H](C)COCc3ccccc3)[C@@]3(C)CC[C@@H](C(C)C)[C@@H](O1)[C@H]3C2. The van der Waals surface area contributed by atoms with Gasteiger partial charge in [0.2, 0.25) is 0 Å². The Balaban J connectivity index is 1.35. The van der Waals surface area contributed by atoms with E-state index in [9.17, 15) is 0 Å². The lowest BCUT2D eigenvalue weighted by Gasteiger charge is -2.52. The standard InChI is InChI=1S/C27H42O3/c1-19(2)23-13-14-26(4)22(15-27(28-5)16-24(26)25(23)30-27)12-11-20(3)17-29-18-21-9-7-6-8-10-21/h6-10,19-20,22-25H,11-18H2,1-5H3/t20-,22-,23-,24+,25+,26+,27-/m0/s1. The van der Waals surface area contributed by atoms with Gasteiger partial charge in [-0.1, -0.05) is 58.0 Å². The fraction of sp³-hybridized carbons (Fsp3) is 0.778. The summed E-state index contributed by atoms with van der Waals surface area (Å²) in [5.74, 6) is 2.97. The Morgan fingerprint density at radius 3 is 2.60 bits per heavy atom. The van der Waals surface area contributed by atoms with Crippen LogP contribution >= 0.6 is 0 Å². The van der Waals surface area contributed by atoms with Gasteiger partial charge in [0.05, 0.1) is 12.7 Å². The summed E-state index contributed by atoms with van der Waals surface area (Å²) in [6.45, 7) is 11.2. The molecule has 1 aromatic rings. The summed E-state index contributed by atoms with van der Waals surface area (Å²) in [6, 6.07) is 10.5. The summed E-state index contributed by atoms with van der Waals surface area (Å²) < 4.78 is 18.8. The van der Waals surface area contributed by atoms with Crippen molar-refractivity contribution in [2.75, 3.05) is 13.7 Å². The van der Waals surface area contributed by atoms with Crippen LogP contribution < -0.4 is 0 Å². The summed E-state index contributed by atoms with van der Waals surface area (Å²) in [5, 5.41) is 0. The first kappa shape index (κ1) is 22.3. The summed E-state index contributed by atoms with van der Waals surface area (Å²) >= 11 is 0. The molecular weight excluding hydrogens is 372 g/mol. The van der Waals surface area contributed by atoms with Crippen molar-refractivity contribution in [1.29, 1.82) is 0 Å². The molecule has 0 radical (unpaired) electrons. The van der Waals surface area contributed by atoms with Gasteiger partial charge in [0, 0.05) is 26.6 Å². The number of hydrogen-bond acceptors (Lipinski definition) is 3. The van der Waals surface area contributed by atoms with E-state index in [1.165, 1.54) is 31.2 Å². The second-order valence-electron chi connectivity index (χ2n) is 11.0. The van der Waals surface area contributed by atoms with E-state index in [1.807, 2.05) is 7.11 Å². The van der Waals surface area contributed by atoms with Crippen LogP contribution in [0, 0.1) is 35.0 Å². The molecular formula is C27H42O3. The Bertz CT molecular complexity index is 689. The van der Waals surface area contributed by atoms with Crippen LogP contribution in [-0.2, 0) is 20.8 Å². The van der Waals surface area contributed by atoms with Crippen molar-refractivity contribution in [2.24, 2.45) is 35.0 Å². The zero-order chi connectivity index (χ0) is 21.4. The zero-order valence-corrected chi connectivity index (χ0v) is 19.7. The van der Waals surface area contributed by atoms with Gasteiger partial charge in [-0.15, -0.1) is 0 Å². The predicted molar refractivity (Wildman–Crippen MR) is 121 cm³/mol. The number of methoxy groups -OCH3 is 1. The second-order valence-corrected chi connectivity index (χ2v) is 11.0. The summed E-state index contributed by atoms with van der Waals surface area (Å²) in [5.41, 5.74) is 1.66. The number of hydrogen-bond donors (Lipinski definition) is 0. The average Bonchev–Trinajstić information content (AvgIpc) is 3.11. The molecule has 1 aliphatic heterocycles. The lowest BCUT2D eigenvalue weighted by molar-refractivity contribution is -0.229.